The number of halogens is 1. The van der Waals surface area contributed by atoms with Gasteiger partial charge in [0.15, 0.2) is 5.78 Å². The minimum absolute atomic E-state index is 0.0974. The Hall–Kier alpha value is -2.88. The van der Waals surface area contributed by atoms with Crippen molar-refractivity contribution in [3.63, 3.8) is 0 Å². The number of benzene rings is 3. The van der Waals surface area contributed by atoms with Crippen LogP contribution in [0, 0.1) is 5.82 Å². The molecule has 2 N–H and O–H groups in total. The SMILES string of the molecule is CC(C)(C)Nc1c(C(=O)c2ccc(F)cc2)c(O)cc2ccccc12. The first kappa shape index (κ1) is 17.0. The number of hydrogen-bond acceptors (Lipinski definition) is 3. The van der Waals surface area contributed by atoms with Crippen LogP contribution in [0.1, 0.15) is 36.7 Å². The molecule has 0 amide bonds. The van der Waals surface area contributed by atoms with Crippen LogP contribution in [0.2, 0.25) is 0 Å². The molecule has 3 rings (SSSR count). The molecule has 3 aromatic rings. The van der Waals surface area contributed by atoms with Crippen molar-refractivity contribution >= 4 is 22.2 Å². The Bertz CT molecular complexity index is 941. The van der Waals surface area contributed by atoms with Crippen molar-refractivity contribution in [1.29, 1.82) is 0 Å². The third-order valence-corrected chi connectivity index (χ3v) is 3.86. The Balaban J connectivity index is 2.25. The molecule has 0 aliphatic rings. The first-order chi connectivity index (χ1) is 11.8. The van der Waals surface area contributed by atoms with Gasteiger partial charge >= 0.3 is 0 Å². The van der Waals surface area contributed by atoms with Crippen molar-refractivity contribution in [2.75, 3.05) is 5.32 Å². The van der Waals surface area contributed by atoms with E-state index in [4.69, 9.17) is 0 Å². The summed E-state index contributed by atoms with van der Waals surface area (Å²) in [5.41, 5.74) is 0.788. The normalized spacial score (nSPS) is 11.5. The van der Waals surface area contributed by atoms with Gasteiger partial charge in [-0.2, -0.15) is 0 Å². The lowest BCUT2D eigenvalue weighted by Gasteiger charge is -2.26. The zero-order chi connectivity index (χ0) is 18.2. The number of phenols is 1. The van der Waals surface area contributed by atoms with Gasteiger partial charge in [-0.25, -0.2) is 4.39 Å². The number of nitrogens with one attached hydrogen (secondary N) is 1. The van der Waals surface area contributed by atoms with E-state index in [-0.39, 0.29) is 22.6 Å². The van der Waals surface area contributed by atoms with Gasteiger partial charge in [0.2, 0.25) is 0 Å². The molecule has 0 spiro atoms. The lowest BCUT2D eigenvalue weighted by molar-refractivity contribution is 0.103. The monoisotopic (exact) mass is 337 g/mol. The number of anilines is 1. The van der Waals surface area contributed by atoms with Crippen LogP contribution in [0.15, 0.2) is 54.6 Å². The van der Waals surface area contributed by atoms with E-state index in [0.717, 1.165) is 10.8 Å². The first-order valence-corrected chi connectivity index (χ1v) is 8.09. The van der Waals surface area contributed by atoms with E-state index in [1.807, 2.05) is 45.0 Å². The molecule has 4 heteroatoms. The summed E-state index contributed by atoms with van der Waals surface area (Å²) in [5.74, 6) is -0.859. The zero-order valence-corrected chi connectivity index (χ0v) is 14.4. The van der Waals surface area contributed by atoms with E-state index < -0.39 is 5.82 Å². The molecule has 0 fully saturated rings. The second kappa shape index (κ2) is 6.20. The van der Waals surface area contributed by atoms with Crippen molar-refractivity contribution in [3.8, 4) is 5.75 Å². The predicted octanol–water partition coefficient (Wildman–Crippen LogP) is 5.13. The highest BCUT2D eigenvalue weighted by molar-refractivity contribution is 6.18. The molecule has 3 aromatic carbocycles. The lowest BCUT2D eigenvalue weighted by atomic mass is 9.94. The molecule has 0 saturated heterocycles. The molecule has 0 heterocycles. The average molecular weight is 337 g/mol. The summed E-state index contributed by atoms with van der Waals surface area (Å²) in [7, 11) is 0. The first-order valence-electron chi connectivity index (χ1n) is 8.09. The van der Waals surface area contributed by atoms with Crippen LogP contribution >= 0.6 is 0 Å². The quantitative estimate of drug-likeness (QED) is 0.652. The number of phenolic OH excluding ortho intramolecular Hbond substituents is 1. The molecule has 0 atom stereocenters. The van der Waals surface area contributed by atoms with Crippen LogP contribution in [0.25, 0.3) is 10.8 Å². The maximum Gasteiger partial charge on any atom is 0.198 e. The smallest absolute Gasteiger partial charge is 0.198 e. The number of fused-ring (bicyclic) bond motifs is 1. The fraction of sp³-hybridized carbons (Fsp3) is 0.190. The van der Waals surface area contributed by atoms with Crippen LogP contribution in [0.3, 0.4) is 0 Å². The van der Waals surface area contributed by atoms with Crippen molar-refractivity contribution in [3.05, 3.63) is 71.5 Å². The highest BCUT2D eigenvalue weighted by atomic mass is 19.1. The van der Waals surface area contributed by atoms with Crippen LogP contribution in [0.4, 0.5) is 10.1 Å². The molecule has 0 aromatic heterocycles. The summed E-state index contributed by atoms with van der Waals surface area (Å²) in [6.07, 6.45) is 0. The molecule has 0 aliphatic carbocycles. The van der Waals surface area contributed by atoms with Crippen LogP contribution in [0.5, 0.6) is 5.75 Å². The van der Waals surface area contributed by atoms with Gasteiger partial charge in [0.1, 0.15) is 11.6 Å². The van der Waals surface area contributed by atoms with Gasteiger partial charge in [-0.05, 0) is 56.5 Å². The maximum atomic E-state index is 13.2. The zero-order valence-electron chi connectivity index (χ0n) is 14.4. The number of rotatable bonds is 3. The van der Waals surface area contributed by atoms with E-state index >= 15 is 0 Å². The molecule has 0 bridgehead atoms. The Morgan fingerprint density at radius 1 is 1.04 bits per heavy atom. The Kier molecular flexibility index (Phi) is 4.21. The van der Waals surface area contributed by atoms with Gasteiger partial charge in [0.25, 0.3) is 0 Å². The molecule has 128 valence electrons. The highest BCUT2D eigenvalue weighted by Crippen LogP contribution is 2.37. The second-order valence-corrected chi connectivity index (χ2v) is 7.08. The number of aromatic hydroxyl groups is 1. The molecule has 0 radical (unpaired) electrons. The summed E-state index contributed by atoms with van der Waals surface area (Å²) in [6.45, 7) is 5.95. The molecule has 0 aliphatic heterocycles. The number of carbonyl (C=O) groups is 1. The summed E-state index contributed by atoms with van der Waals surface area (Å²) in [4.78, 5) is 13.0. The van der Waals surface area contributed by atoms with Crippen molar-refractivity contribution in [2.24, 2.45) is 0 Å². The fourth-order valence-electron chi connectivity index (χ4n) is 2.81. The van der Waals surface area contributed by atoms with E-state index in [0.29, 0.717) is 11.3 Å². The summed E-state index contributed by atoms with van der Waals surface area (Å²) in [6, 6.07) is 14.5. The van der Waals surface area contributed by atoms with Crippen molar-refractivity contribution < 1.29 is 14.3 Å². The number of ketones is 1. The standard InChI is InChI=1S/C21H20FNO2/c1-21(2,3)23-19-16-7-5-4-6-14(16)12-17(24)18(19)20(25)13-8-10-15(22)11-9-13/h4-12,23-24H,1-3H3. The summed E-state index contributed by atoms with van der Waals surface area (Å²) < 4.78 is 13.2. The molecular weight excluding hydrogens is 317 g/mol. The number of hydrogen-bond donors (Lipinski definition) is 2. The third-order valence-electron chi connectivity index (χ3n) is 3.86. The van der Waals surface area contributed by atoms with Crippen LogP contribution in [-0.2, 0) is 0 Å². The van der Waals surface area contributed by atoms with Gasteiger partial charge in [0.05, 0.1) is 11.3 Å². The van der Waals surface area contributed by atoms with Crippen molar-refractivity contribution in [1.82, 2.24) is 0 Å². The van der Waals surface area contributed by atoms with Gasteiger partial charge in [-0.15, -0.1) is 0 Å². The van der Waals surface area contributed by atoms with E-state index in [9.17, 15) is 14.3 Å². The predicted molar refractivity (Wildman–Crippen MR) is 98.8 cm³/mol. The van der Waals surface area contributed by atoms with Gasteiger partial charge in [-0.1, -0.05) is 24.3 Å². The second-order valence-electron chi connectivity index (χ2n) is 7.08. The third kappa shape index (κ3) is 3.48. The van der Waals surface area contributed by atoms with Crippen molar-refractivity contribution in [2.45, 2.75) is 26.3 Å². The van der Waals surface area contributed by atoms with Gasteiger partial charge in [-0.3, -0.25) is 4.79 Å². The highest BCUT2D eigenvalue weighted by Gasteiger charge is 2.23. The van der Waals surface area contributed by atoms with E-state index in [1.165, 1.54) is 24.3 Å². The summed E-state index contributed by atoms with van der Waals surface area (Å²) in [5, 5.41) is 15.6. The minimum atomic E-state index is -0.410. The van der Waals surface area contributed by atoms with Crippen LogP contribution < -0.4 is 5.32 Å². The Labute approximate surface area is 146 Å². The van der Waals surface area contributed by atoms with Crippen LogP contribution in [-0.4, -0.2) is 16.4 Å². The Morgan fingerprint density at radius 3 is 2.32 bits per heavy atom. The molecule has 25 heavy (non-hydrogen) atoms. The largest absolute Gasteiger partial charge is 0.507 e. The van der Waals surface area contributed by atoms with Gasteiger partial charge < -0.3 is 10.4 Å². The fourth-order valence-corrected chi connectivity index (χ4v) is 2.81. The Morgan fingerprint density at radius 2 is 1.68 bits per heavy atom. The summed E-state index contributed by atoms with van der Waals surface area (Å²) >= 11 is 0. The molecule has 0 unspecified atom stereocenters. The topological polar surface area (TPSA) is 49.3 Å². The van der Waals surface area contributed by atoms with E-state index in [2.05, 4.69) is 5.32 Å². The molecule has 3 nitrogen and oxygen atoms in total. The average Bonchev–Trinajstić information content (AvgIpc) is 2.53. The van der Waals surface area contributed by atoms with E-state index in [1.54, 1.807) is 6.07 Å². The number of carbonyl (C=O) groups excluding carboxylic acids is 1. The maximum absolute atomic E-state index is 13.2. The lowest BCUT2D eigenvalue weighted by Crippen LogP contribution is -2.27. The molecule has 0 saturated carbocycles. The van der Waals surface area contributed by atoms with Gasteiger partial charge in [0, 0.05) is 16.5 Å². The molecular formula is C21H20FNO2. The minimum Gasteiger partial charge on any atom is -0.507 e.